The molecular weight excluding hydrogens is 312 g/mol. The molecule has 1 aromatic carbocycles. The second-order valence-electron chi connectivity index (χ2n) is 5.64. The minimum Gasteiger partial charge on any atom is -0.316 e. The smallest absolute Gasteiger partial charge is 0.0574 e. The summed E-state index contributed by atoms with van der Waals surface area (Å²) in [5.41, 5.74) is 7.34. The van der Waals surface area contributed by atoms with Crippen LogP contribution in [0.4, 0.5) is 0 Å². The fourth-order valence-electron chi connectivity index (χ4n) is 2.82. The Morgan fingerprint density at radius 3 is 2.33 bits per heavy atom. The highest BCUT2D eigenvalue weighted by molar-refractivity contribution is 7.08. The first kappa shape index (κ1) is 16.6. The first-order valence-electron chi connectivity index (χ1n) is 8.23. The molecule has 0 fully saturated rings. The lowest BCUT2D eigenvalue weighted by Gasteiger charge is -2.13. The van der Waals surface area contributed by atoms with Crippen LogP contribution in [0, 0.1) is 0 Å². The van der Waals surface area contributed by atoms with Crippen molar-refractivity contribution in [1.29, 1.82) is 0 Å². The molecule has 0 saturated heterocycles. The molecule has 0 bridgehead atoms. The third-order valence-electron chi connectivity index (χ3n) is 3.93. The molecule has 0 atom stereocenters. The van der Waals surface area contributed by atoms with Crippen LogP contribution in [-0.2, 0) is 6.54 Å². The Hall–Kier alpha value is -2.23. The summed E-state index contributed by atoms with van der Waals surface area (Å²) in [4.78, 5) is 4.46. The maximum atomic E-state index is 4.46. The molecule has 0 amide bonds. The Balaban J connectivity index is 2.03. The van der Waals surface area contributed by atoms with E-state index in [1.54, 1.807) is 11.3 Å². The fourth-order valence-corrected chi connectivity index (χ4v) is 3.46. The van der Waals surface area contributed by atoms with Gasteiger partial charge in [-0.3, -0.25) is 4.99 Å². The molecule has 3 rings (SSSR count). The topological polar surface area (TPSA) is 24.4 Å². The number of rotatable bonds is 5. The van der Waals surface area contributed by atoms with E-state index in [0.717, 1.165) is 18.8 Å². The number of nitrogens with zero attached hydrogens (tertiary/aromatic N) is 1. The summed E-state index contributed by atoms with van der Waals surface area (Å²) in [7, 11) is 1.97. The third kappa shape index (κ3) is 3.81. The second kappa shape index (κ2) is 8.04. The van der Waals surface area contributed by atoms with Crippen molar-refractivity contribution in [2.24, 2.45) is 4.99 Å². The van der Waals surface area contributed by atoms with Crippen molar-refractivity contribution in [2.75, 3.05) is 13.6 Å². The lowest BCUT2D eigenvalue weighted by atomic mass is 9.92. The number of hydrogen-bond acceptors (Lipinski definition) is 3. The average Bonchev–Trinajstić information content (AvgIpc) is 3.13. The summed E-state index contributed by atoms with van der Waals surface area (Å²) in [6.07, 6.45) is 8.53. The normalized spacial score (nSPS) is 13.4. The van der Waals surface area contributed by atoms with Gasteiger partial charge in [-0.15, -0.1) is 0 Å². The van der Waals surface area contributed by atoms with Gasteiger partial charge >= 0.3 is 0 Å². The van der Waals surface area contributed by atoms with E-state index < -0.39 is 0 Å². The molecule has 0 saturated carbocycles. The van der Waals surface area contributed by atoms with Crippen molar-refractivity contribution in [3.63, 3.8) is 0 Å². The highest BCUT2D eigenvalue weighted by Crippen LogP contribution is 2.31. The van der Waals surface area contributed by atoms with E-state index in [1.807, 2.05) is 7.05 Å². The van der Waals surface area contributed by atoms with Crippen LogP contribution in [0.25, 0.3) is 5.57 Å². The van der Waals surface area contributed by atoms with Crippen molar-refractivity contribution < 1.29 is 0 Å². The Morgan fingerprint density at radius 1 is 1.00 bits per heavy atom. The van der Waals surface area contributed by atoms with Gasteiger partial charge in [0.25, 0.3) is 0 Å². The van der Waals surface area contributed by atoms with Crippen molar-refractivity contribution in [2.45, 2.75) is 13.5 Å². The van der Waals surface area contributed by atoms with Crippen molar-refractivity contribution in [3.8, 4) is 0 Å². The summed E-state index contributed by atoms with van der Waals surface area (Å²) >= 11 is 1.73. The van der Waals surface area contributed by atoms with Gasteiger partial charge in [0.05, 0.1) is 5.71 Å². The van der Waals surface area contributed by atoms with Gasteiger partial charge in [0, 0.05) is 13.1 Å². The monoisotopic (exact) mass is 334 g/mol. The number of allylic oxidation sites excluding steroid dienone is 5. The zero-order valence-corrected chi connectivity index (χ0v) is 14.9. The van der Waals surface area contributed by atoms with Gasteiger partial charge < -0.3 is 5.32 Å². The number of aliphatic imine (C=N–C) groups is 1. The maximum Gasteiger partial charge on any atom is 0.0574 e. The summed E-state index contributed by atoms with van der Waals surface area (Å²) in [5, 5.41) is 7.53. The van der Waals surface area contributed by atoms with Gasteiger partial charge in [-0.25, -0.2) is 0 Å². The molecule has 122 valence electrons. The lowest BCUT2D eigenvalue weighted by molar-refractivity contribution is 0.818. The third-order valence-corrected chi connectivity index (χ3v) is 4.61. The van der Waals surface area contributed by atoms with E-state index in [-0.39, 0.29) is 0 Å². The molecule has 1 aliphatic carbocycles. The quantitative estimate of drug-likeness (QED) is 0.830. The minimum absolute atomic E-state index is 0.813. The van der Waals surface area contributed by atoms with E-state index in [0.29, 0.717) is 0 Å². The molecule has 1 N–H and O–H groups in total. The Kier molecular flexibility index (Phi) is 5.57. The standard InChI is InChI=1S/C21H22N2S/c1-3-23-20-10-8-18(9-11-20)21(19-12-13-24-15-19)17-6-4-16(5-7-17)14-22-2/h4-13,15,22H,3,14H2,1-2H3. The van der Waals surface area contributed by atoms with E-state index in [4.69, 9.17) is 0 Å². The van der Waals surface area contributed by atoms with Gasteiger partial charge in [0.15, 0.2) is 0 Å². The lowest BCUT2D eigenvalue weighted by Crippen LogP contribution is -2.04. The summed E-state index contributed by atoms with van der Waals surface area (Å²) in [5.74, 6) is 0. The number of thiophene rings is 1. The van der Waals surface area contributed by atoms with Crippen LogP contribution in [0.1, 0.15) is 23.6 Å². The van der Waals surface area contributed by atoms with Crippen LogP contribution in [0.2, 0.25) is 0 Å². The largest absolute Gasteiger partial charge is 0.316 e. The number of benzene rings is 1. The highest BCUT2D eigenvalue weighted by Gasteiger charge is 2.11. The Labute approximate surface area is 148 Å². The minimum atomic E-state index is 0.813. The van der Waals surface area contributed by atoms with E-state index in [2.05, 4.69) is 82.6 Å². The zero-order valence-electron chi connectivity index (χ0n) is 14.1. The van der Waals surface area contributed by atoms with Crippen molar-refractivity contribution in [1.82, 2.24) is 5.32 Å². The van der Waals surface area contributed by atoms with Crippen LogP contribution in [0.15, 0.2) is 76.0 Å². The molecule has 1 heterocycles. The van der Waals surface area contributed by atoms with E-state index in [9.17, 15) is 0 Å². The van der Waals surface area contributed by atoms with Gasteiger partial charge in [0.1, 0.15) is 0 Å². The molecule has 0 radical (unpaired) electrons. The van der Waals surface area contributed by atoms with Gasteiger partial charge in [-0.1, -0.05) is 36.4 Å². The Morgan fingerprint density at radius 2 is 1.75 bits per heavy atom. The second-order valence-corrected chi connectivity index (χ2v) is 6.42. The maximum absolute atomic E-state index is 4.46. The molecule has 0 aliphatic heterocycles. The van der Waals surface area contributed by atoms with Gasteiger partial charge in [-0.05, 0) is 70.8 Å². The van der Waals surface area contributed by atoms with Gasteiger partial charge in [-0.2, -0.15) is 11.3 Å². The van der Waals surface area contributed by atoms with Crippen LogP contribution in [0.3, 0.4) is 0 Å². The molecule has 2 nitrogen and oxygen atoms in total. The fraction of sp³-hybridized carbons (Fsp3) is 0.190. The first-order chi connectivity index (χ1) is 11.8. The molecular formula is C21H22N2S. The average molecular weight is 334 g/mol. The van der Waals surface area contributed by atoms with Crippen molar-refractivity contribution >= 4 is 22.6 Å². The molecule has 0 spiro atoms. The number of hydrogen-bond donors (Lipinski definition) is 1. The summed E-state index contributed by atoms with van der Waals surface area (Å²) in [6, 6.07) is 11.0. The van der Waals surface area contributed by atoms with E-state index >= 15 is 0 Å². The van der Waals surface area contributed by atoms with E-state index in [1.165, 1.54) is 27.8 Å². The van der Waals surface area contributed by atoms with Crippen LogP contribution in [0.5, 0.6) is 0 Å². The van der Waals surface area contributed by atoms with Gasteiger partial charge in [0.2, 0.25) is 0 Å². The molecule has 3 heteroatoms. The van der Waals surface area contributed by atoms with Crippen LogP contribution < -0.4 is 5.32 Å². The molecule has 1 aliphatic rings. The predicted molar refractivity (Wildman–Crippen MR) is 106 cm³/mol. The zero-order chi connectivity index (χ0) is 16.8. The van der Waals surface area contributed by atoms with Crippen molar-refractivity contribution in [3.05, 3.63) is 87.7 Å². The molecule has 2 aromatic rings. The molecule has 0 unspecified atom stereocenters. The predicted octanol–water partition coefficient (Wildman–Crippen LogP) is 4.86. The molecule has 1 aromatic heterocycles. The first-order valence-corrected chi connectivity index (χ1v) is 9.17. The van der Waals surface area contributed by atoms with Crippen LogP contribution >= 0.6 is 11.3 Å². The Bertz CT molecular complexity index is 773. The van der Waals surface area contributed by atoms with Crippen LogP contribution in [-0.4, -0.2) is 19.3 Å². The highest BCUT2D eigenvalue weighted by atomic mass is 32.1. The number of nitrogens with one attached hydrogen (secondary N) is 1. The molecule has 24 heavy (non-hydrogen) atoms. The summed E-state index contributed by atoms with van der Waals surface area (Å²) in [6.45, 7) is 3.76. The SMILES string of the molecule is CCN=C1C=CC(=C(c2ccc(CNC)cc2)c2ccsc2)C=C1. The summed E-state index contributed by atoms with van der Waals surface area (Å²) < 4.78 is 0.